The second kappa shape index (κ2) is 6.28. The number of rotatable bonds is 3. The normalized spacial score (nSPS) is 27.3. The summed E-state index contributed by atoms with van der Waals surface area (Å²) in [5, 5.41) is 0. The molecule has 0 aliphatic carbocycles. The van der Waals surface area contributed by atoms with Crippen molar-refractivity contribution in [3.8, 4) is 0 Å². The number of aromatic nitrogens is 2. The van der Waals surface area contributed by atoms with Crippen LogP contribution in [0.4, 0.5) is 5.82 Å². The third-order valence-electron chi connectivity index (χ3n) is 4.65. The van der Waals surface area contributed by atoms with Crippen LogP contribution in [0.3, 0.4) is 0 Å². The van der Waals surface area contributed by atoms with Crippen molar-refractivity contribution in [2.24, 2.45) is 5.92 Å². The van der Waals surface area contributed by atoms with Gasteiger partial charge in [-0.25, -0.2) is 9.97 Å². The lowest BCUT2D eigenvalue weighted by molar-refractivity contribution is 0.0134. The molecule has 0 saturated carbocycles. The summed E-state index contributed by atoms with van der Waals surface area (Å²) in [5.41, 5.74) is 1.14. The average Bonchev–Trinajstić information content (AvgIpc) is 2.89. The Morgan fingerprint density at radius 2 is 2.00 bits per heavy atom. The van der Waals surface area contributed by atoms with Gasteiger partial charge in [0.25, 0.3) is 0 Å². The number of nitrogens with zero attached hydrogens (tertiary/aromatic N) is 4. The van der Waals surface area contributed by atoms with Gasteiger partial charge >= 0.3 is 0 Å². The number of anilines is 1. The third-order valence-corrected chi connectivity index (χ3v) is 4.65. The van der Waals surface area contributed by atoms with Crippen LogP contribution in [0.15, 0.2) is 6.07 Å². The summed E-state index contributed by atoms with van der Waals surface area (Å²) in [7, 11) is 0. The molecule has 2 unspecified atom stereocenters. The van der Waals surface area contributed by atoms with E-state index < -0.39 is 0 Å². The first-order valence-electron chi connectivity index (χ1n) is 8.08. The van der Waals surface area contributed by atoms with Crippen molar-refractivity contribution < 1.29 is 4.74 Å². The quantitative estimate of drug-likeness (QED) is 0.844. The largest absolute Gasteiger partial charge is 0.379 e. The Balaban J connectivity index is 1.74. The van der Waals surface area contributed by atoms with Crippen LogP contribution in [0.2, 0.25) is 0 Å². The van der Waals surface area contributed by atoms with E-state index in [0.717, 1.165) is 63.1 Å². The average molecular weight is 290 g/mol. The number of aryl methyl sites for hydroxylation is 2. The standard InChI is InChI=1S/C16H26N4O/c1-4-14-9-16(18-13(3)17-14)20-10-12(2)15(11-20)19-5-7-21-8-6-19/h9,12,15H,4-8,10-11H2,1-3H3. The van der Waals surface area contributed by atoms with Gasteiger partial charge in [0.15, 0.2) is 0 Å². The zero-order valence-corrected chi connectivity index (χ0v) is 13.4. The van der Waals surface area contributed by atoms with E-state index in [-0.39, 0.29) is 0 Å². The minimum Gasteiger partial charge on any atom is -0.379 e. The smallest absolute Gasteiger partial charge is 0.132 e. The highest BCUT2D eigenvalue weighted by Gasteiger charge is 2.35. The van der Waals surface area contributed by atoms with E-state index in [0.29, 0.717) is 12.0 Å². The molecule has 3 rings (SSSR count). The number of hydrogen-bond donors (Lipinski definition) is 0. The molecule has 1 aromatic heterocycles. The van der Waals surface area contributed by atoms with Crippen LogP contribution >= 0.6 is 0 Å². The first kappa shape index (κ1) is 14.7. The van der Waals surface area contributed by atoms with Crippen LogP contribution in [0.25, 0.3) is 0 Å². The third kappa shape index (κ3) is 3.19. The van der Waals surface area contributed by atoms with Crippen molar-refractivity contribution in [2.75, 3.05) is 44.3 Å². The molecule has 5 heteroatoms. The van der Waals surface area contributed by atoms with Crippen LogP contribution in [0, 0.1) is 12.8 Å². The number of morpholine rings is 1. The predicted octanol–water partition coefficient (Wildman–Crippen LogP) is 1.50. The molecule has 2 aliphatic heterocycles. The summed E-state index contributed by atoms with van der Waals surface area (Å²) in [6.45, 7) is 12.5. The molecular formula is C16H26N4O. The van der Waals surface area contributed by atoms with Gasteiger partial charge in [-0.15, -0.1) is 0 Å². The Kier molecular flexibility index (Phi) is 4.40. The topological polar surface area (TPSA) is 41.5 Å². The molecule has 21 heavy (non-hydrogen) atoms. The Hall–Kier alpha value is -1.20. The molecule has 2 fully saturated rings. The highest BCUT2D eigenvalue weighted by molar-refractivity contribution is 5.42. The van der Waals surface area contributed by atoms with Gasteiger partial charge < -0.3 is 9.64 Å². The van der Waals surface area contributed by atoms with Gasteiger partial charge in [0.1, 0.15) is 11.6 Å². The summed E-state index contributed by atoms with van der Waals surface area (Å²) >= 11 is 0. The molecule has 2 saturated heterocycles. The van der Waals surface area contributed by atoms with Crippen LogP contribution in [0.1, 0.15) is 25.4 Å². The van der Waals surface area contributed by atoms with E-state index in [4.69, 9.17) is 4.74 Å². The van der Waals surface area contributed by atoms with E-state index in [1.807, 2.05) is 6.92 Å². The maximum atomic E-state index is 5.48. The zero-order valence-electron chi connectivity index (χ0n) is 13.4. The summed E-state index contributed by atoms with van der Waals surface area (Å²) in [4.78, 5) is 14.2. The van der Waals surface area contributed by atoms with Crippen LogP contribution in [-0.4, -0.2) is 60.3 Å². The van der Waals surface area contributed by atoms with Crippen molar-refractivity contribution in [2.45, 2.75) is 33.2 Å². The molecule has 0 amide bonds. The van der Waals surface area contributed by atoms with E-state index in [1.165, 1.54) is 0 Å². The first-order chi connectivity index (χ1) is 10.2. The fourth-order valence-corrected chi connectivity index (χ4v) is 3.48. The Labute approximate surface area is 127 Å². The van der Waals surface area contributed by atoms with Gasteiger partial charge in [-0.1, -0.05) is 13.8 Å². The highest BCUT2D eigenvalue weighted by atomic mass is 16.5. The lowest BCUT2D eigenvalue weighted by atomic mass is 10.0. The molecule has 0 spiro atoms. The molecule has 2 atom stereocenters. The maximum absolute atomic E-state index is 5.48. The predicted molar refractivity (Wildman–Crippen MR) is 83.7 cm³/mol. The molecule has 0 aromatic carbocycles. The molecule has 5 nitrogen and oxygen atoms in total. The van der Waals surface area contributed by atoms with Gasteiger partial charge in [0.2, 0.25) is 0 Å². The van der Waals surface area contributed by atoms with Crippen LogP contribution in [0.5, 0.6) is 0 Å². The lowest BCUT2D eigenvalue weighted by Gasteiger charge is -2.34. The molecule has 0 bridgehead atoms. The van der Waals surface area contributed by atoms with Gasteiger partial charge in [0, 0.05) is 44.0 Å². The summed E-state index contributed by atoms with van der Waals surface area (Å²) < 4.78 is 5.48. The van der Waals surface area contributed by atoms with Gasteiger partial charge in [-0.2, -0.15) is 0 Å². The molecular weight excluding hydrogens is 264 g/mol. The van der Waals surface area contributed by atoms with Crippen molar-refractivity contribution in [1.29, 1.82) is 0 Å². The van der Waals surface area contributed by atoms with Crippen molar-refractivity contribution in [3.63, 3.8) is 0 Å². The number of ether oxygens (including phenoxy) is 1. The second-order valence-corrected chi connectivity index (χ2v) is 6.22. The van der Waals surface area contributed by atoms with Gasteiger partial charge in [0.05, 0.1) is 13.2 Å². The van der Waals surface area contributed by atoms with Gasteiger partial charge in [-0.05, 0) is 19.3 Å². The molecule has 116 valence electrons. The maximum Gasteiger partial charge on any atom is 0.132 e. The van der Waals surface area contributed by atoms with Crippen molar-refractivity contribution >= 4 is 5.82 Å². The molecule has 0 N–H and O–H groups in total. The lowest BCUT2D eigenvalue weighted by Crippen LogP contribution is -2.46. The Morgan fingerprint density at radius 3 is 2.71 bits per heavy atom. The Bertz CT molecular complexity index is 487. The molecule has 1 aromatic rings. The van der Waals surface area contributed by atoms with E-state index in [1.54, 1.807) is 0 Å². The fourth-order valence-electron chi connectivity index (χ4n) is 3.48. The SMILES string of the molecule is CCc1cc(N2CC(C)C(N3CCOCC3)C2)nc(C)n1. The zero-order chi connectivity index (χ0) is 14.8. The number of hydrogen-bond acceptors (Lipinski definition) is 5. The second-order valence-electron chi connectivity index (χ2n) is 6.22. The summed E-state index contributed by atoms with van der Waals surface area (Å²) in [6.07, 6.45) is 0.965. The van der Waals surface area contributed by atoms with Crippen molar-refractivity contribution in [1.82, 2.24) is 14.9 Å². The van der Waals surface area contributed by atoms with E-state index in [9.17, 15) is 0 Å². The minimum absolute atomic E-state index is 0.620. The van der Waals surface area contributed by atoms with Crippen molar-refractivity contribution in [3.05, 3.63) is 17.6 Å². The van der Waals surface area contributed by atoms with E-state index in [2.05, 4.69) is 39.7 Å². The molecule has 3 heterocycles. The van der Waals surface area contributed by atoms with Crippen LogP contribution in [-0.2, 0) is 11.2 Å². The first-order valence-corrected chi connectivity index (χ1v) is 8.08. The molecule has 0 radical (unpaired) electrons. The monoisotopic (exact) mass is 290 g/mol. The summed E-state index contributed by atoms with van der Waals surface area (Å²) in [5.74, 6) is 2.65. The molecule has 2 aliphatic rings. The fraction of sp³-hybridized carbons (Fsp3) is 0.750. The minimum atomic E-state index is 0.620. The van der Waals surface area contributed by atoms with Gasteiger partial charge in [-0.3, -0.25) is 4.90 Å². The summed E-state index contributed by atoms with van der Waals surface area (Å²) in [6, 6.07) is 2.77. The van der Waals surface area contributed by atoms with E-state index >= 15 is 0 Å². The Morgan fingerprint density at radius 1 is 1.24 bits per heavy atom. The van der Waals surface area contributed by atoms with Crippen LogP contribution < -0.4 is 4.90 Å². The highest BCUT2D eigenvalue weighted by Crippen LogP contribution is 2.27.